The molecule has 4 N–H and O–H groups in total. The van der Waals surface area contributed by atoms with Gasteiger partial charge in [0, 0.05) is 6.54 Å². The van der Waals surface area contributed by atoms with Crippen LogP contribution < -0.4 is 11.1 Å². The van der Waals surface area contributed by atoms with Gasteiger partial charge in [0.2, 0.25) is 0 Å². The summed E-state index contributed by atoms with van der Waals surface area (Å²) in [7, 11) is 0. The van der Waals surface area contributed by atoms with Crippen molar-refractivity contribution < 1.29 is 9.90 Å². The summed E-state index contributed by atoms with van der Waals surface area (Å²) in [6.07, 6.45) is 3.71. The molecule has 4 heteroatoms. The van der Waals surface area contributed by atoms with Crippen LogP contribution in [0.1, 0.15) is 36.5 Å². The average molecular weight is 234 g/mol. The molecule has 1 aromatic rings. The number of anilines is 2. The lowest BCUT2D eigenvalue weighted by Gasteiger charge is -2.16. The predicted molar refractivity (Wildman–Crippen MR) is 68.3 cm³/mol. The first-order valence-corrected chi connectivity index (χ1v) is 5.93. The molecule has 1 fully saturated rings. The van der Waals surface area contributed by atoms with Crippen molar-refractivity contribution in [2.45, 2.75) is 26.2 Å². The Balaban J connectivity index is 2.04. The second kappa shape index (κ2) is 4.28. The molecule has 0 unspecified atom stereocenters. The van der Waals surface area contributed by atoms with Gasteiger partial charge >= 0.3 is 5.97 Å². The van der Waals surface area contributed by atoms with Crippen LogP contribution >= 0.6 is 0 Å². The SMILES string of the molecule is CCC1(CNc2ccc(C(=O)O)cc2N)CC1. The lowest BCUT2D eigenvalue weighted by Crippen LogP contribution is -2.15. The number of hydrogen-bond donors (Lipinski definition) is 3. The van der Waals surface area contributed by atoms with Crippen molar-refractivity contribution in [2.24, 2.45) is 5.41 Å². The zero-order valence-electron chi connectivity index (χ0n) is 9.99. The number of carboxylic acids is 1. The third kappa shape index (κ3) is 2.52. The van der Waals surface area contributed by atoms with E-state index in [0.29, 0.717) is 11.1 Å². The number of rotatable bonds is 5. The lowest BCUT2D eigenvalue weighted by molar-refractivity contribution is 0.0697. The number of aromatic carboxylic acids is 1. The summed E-state index contributed by atoms with van der Waals surface area (Å²) in [6.45, 7) is 3.12. The van der Waals surface area contributed by atoms with Crippen LogP contribution in [0.15, 0.2) is 18.2 Å². The molecular weight excluding hydrogens is 216 g/mol. The van der Waals surface area contributed by atoms with Gasteiger partial charge in [-0.3, -0.25) is 0 Å². The van der Waals surface area contributed by atoms with Gasteiger partial charge in [-0.2, -0.15) is 0 Å². The molecule has 4 nitrogen and oxygen atoms in total. The Hall–Kier alpha value is -1.71. The van der Waals surface area contributed by atoms with Crippen molar-refractivity contribution in [3.63, 3.8) is 0 Å². The second-order valence-corrected chi connectivity index (χ2v) is 4.81. The van der Waals surface area contributed by atoms with Crippen molar-refractivity contribution in [1.29, 1.82) is 0 Å². The molecule has 0 atom stereocenters. The van der Waals surface area contributed by atoms with Gasteiger partial charge in [-0.15, -0.1) is 0 Å². The molecule has 1 aromatic carbocycles. The van der Waals surface area contributed by atoms with E-state index < -0.39 is 5.97 Å². The van der Waals surface area contributed by atoms with E-state index in [4.69, 9.17) is 10.8 Å². The van der Waals surface area contributed by atoms with E-state index >= 15 is 0 Å². The Morgan fingerprint density at radius 2 is 2.24 bits per heavy atom. The van der Waals surface area contributed by atoms with E-state index in [-0.39, 0.29) is 5.56 Å². The number of carbonyl (C=O) groups is 1. The summed E-state index contributed by atoms with van der Waals surface area (Å²) in [6, 6.07) is 4.81. The quantitative estimate of drug-likeness (QED) is 0.684. The van der Waals surface area contributed by atoms with E-state index in [1.54, 1.807) is 12.1 Å². The highest BCUT2D eigenvalue weighted by atomic mass is 16.4. The fraction of sp³-hybridized carbons (Fsp3) is 0.462. The minimum absolute atomic E-state index is 0.227. The zero-order valence-corrected chi connectivity index (χ0v) is 9.99. The van der Waals surface area contributed by atoms with Gasteiger partial charge in [0.25, 0.3) is 0 Å². The highest BCUT2D eigenvalue weighted by molar-refractivity contribution is 5.90. The van der Waals surface area contributed by atoms with E-state index in [0.717, 1.165) is 12.2 Å². The van der Waals surface area contributed by atoms with E-state index in [9.17, 15) is 4.79 Å². The Morgan fingerprint density at radius 1 is 1.53 bits per heavy atom. The molecule has 17 heavy (non-hydrogen) atoms. The van der Waals surface area contributed by atoms with Gasteiger partial charge < -0.3 is 16.2 Å². The van der Waals surface area contributed by atoms with Crippen LogP contribution in [0.4, 0.5) is 11.4 Å². The number of nitrogens with one attached hydrogen (secondary N) is 1. The molecule has 0 amide bonds. The van der Waals surface area contributed by atoms with E-state index in [2.05, 4.69) is 12.2 Å². The number of nitrogens with two attached hydrogens (primary N) is 1. The number of nitrogen functional groups attached to an aromatic ring is 1. The highest BCUT2D eigenvalue weighted by Gasteiger charge is 2.40. The summed E-state index contributed by atoms with van der Waals surface area (Å²) in [5, 5.41) is 12.1. The Kier molecular flexibility index (Phi) is 2.96. The van der Waals surface area contributed by atoms with Gasteiger partial charge in [-0.1, -0.05) is 6.92 Å². The monoisotopic (exact) mass is 234 g/mol. The maximum absolute atomic E-state index is 10.8. The largest absolute Gasteiger partial charge is 0.478 e. The summed E-state index contributed by atoms with van der Waals surface area (Å²) >= 11 is 0. The van der Waals surface area contributed by atoms with Crippen LogP contribution in [0.5, 0.6) is 0 Å². The molecule has 2 rings (SSSR count). The maximum Gasteiger partial charge on any atom is 0.335 e. The van der Waals surface area contributed by atoms with Gasteiger partial charge in [-0.05, 0) is 42.9 Å². The standard InChI is InChI=1S/C13H18N2O2/c1-2-13(5-6-13)8-15-11-4-3-9(12(16)17)7-10(11)14/h3-4,7,15H,2,5-6,8,14H2,1H3,(H,16,17). The number of benzene rings is 1. The van der Waals surface area contributed by atoms with Crippen molar-refractivity contribution in [3.8, 4) is 0 Å². The van der Waals surface area contributed by atoms with Crippen molar-refractivity contribution in [1.82, 2.24) is 0 Å². The number of carboxylic acid groups (broad SMARTS) is 1. The normalized spacial score (nSPS) is 16.5. The second-order valence-electron chi connectivity index (χ2n) is 4.81. The Morgan fingerprint density at radius 3 is 2.71 bits per heavy atom. The molecule has 0 aromatic heterocycles. The third-order valence-electron chi connectivity index (χ3n) is 3.66. The van der Waals surface area contributed by atoms with Crippen molar-refractivity contribution >= 4 is 17.3 Å². The molecule has 1 saturated carbocycles. The molecule has 1 aliphatic carbocycles. The van der Waals surface area contributed by atoms with E-state index in [1.807, 2.05) is 0 Å². The first-order chi connectivity index (χ1) is 8.06. The van der Waals surface area contributed by atoms with Crippen LogP contribution in [-0.2, 0) is 0 Å². The summed E-state index contributed by atoms with van der Waals surface area (Å²) in [5.41, 5.74) is 7.82. The molecule has 0 heterocycles. The van der Waals surface area contributed by atoms with Crippen LogP contribution in [0, 0.1) is 5.41 Å². The zero-order chi connectivity index (χ0) is 12.5. The topological polar surface area (TPSA) is 75.3 Å². The lowest BCUT2D eigenvalue weighted by atomic mass is 10.0. The number of hydrogen-bond acceptors (Lipinski definition) is 3. The molecule has 0 aliphatic heterocycles. The minimum Gasteiger partial charge on any atom is -0.478 e. The molecule has 1 aliphatic rings. The first-order valence-electron chi connectivity index (χ1n) is 5.93. The van der Waals surface area contributed by atoms with Crippen molar-refractivity contribution in [3.05, 3.63) is 23.8 Å². The average Bonchev–Trinajstić information content (AvgIpc) is 3.08. The maximum atomic E-state index is 10.8. The van der Waals surface area contributed by atoms with Gasteiger partial charge in [0.1, 0.15) is 0 Å². The molecule has 0 bridgehead atoms. The minimum atomic E-state index is -0.949. The van der Waals surface area contributed by atoms with E-state index in [1.165, 1.54) is 25.3 Å². The van der Waals surface area contributed by atoms with Crippen LogP contribution in [0.25, 0.3) is 0 Å². The smallest absolute Gasteiger partial charge is 0.335 e. The Bertz CT molecular complexity index is 439. The molecule has 0 saturated heterocycles. The molecule has 92 valence electrons. The molecular formula is C13H18N2O2. The fourth-order valence-corrected chi connectivity index (χ4v) is 1.97. The fourth-order valence-electron chi connectivity index (χ4n) is 1.97. The third-order valence-corrected chi connectivity index (χ3v) is 3.66. The van der Waals surface area contributed by atoms with Gasteiger partial charge in [-0.25, -0.2) is 4.79 Å². The summed E-state index contributed by atoms with van der Waals surface area (Å²) in [4.78, 5) is 10.8. The van der Waals surface area contributed by atoms with Crippen LogP contribution in [-0.4, -0.2) is 17.6 Å². The van der Waals surface area contributed by atoms with Crippen LogP contribution in [0.3, 0.4) is 0 Å². The van der Waals surface area contributed by atoms with Gasteiger partial charge in [0.05, 0.1) is 16.9 Å². The first kappa shape index (κ1) is 11.8. The Labute approximate surface area is 101 Å². The molecule has 0 radical (unpaired) electrons. The van der Waals surface area contributed by atoms with Crippen LogP contribution in [0.2, 0.25) is 0 Å². The predicted octanol–water partition coefficient (Wildman–Crippen LogP) is 2.57. The van der Waals surface area contributed by atoms with Crippen molar-refractivity contribution in [2.75, 3.05) is 17.6 Å². The molecule has 0 spiro atoms. The summed E-state index contributed by atoms with van der Waals surface area (Å²) < 4.78 is 0. The summed E-state index contributed by atoms with van der Waals surface area (Å²) in [5.74, 6) is -0.949. The van der Waals surface area contributed by atoms with Gasteiger partial charge in [0.15, 0.2) is 0 Å². The highest BCUT2D eigenvalue weighted by Crippen LogP contribution is 2.48.